The molecule has 1 saturated heterocycles. The highest BCUT2D eigenvalue weighted by Crippen LogP contribution is 2.18. The van der Waals surface area contributed by atoms with Crippen LogP contribution in [-0.4, -0.2) is 45.7 Å². The van der Waals surface area contributed by atoms with Gasteiger partial charge in [0.15, 0.2) is 0 Å². The third-order valence-corrected chi connectivity index (χ3v) is 3.07. The Morgan fingerprint density at radius 2 is 1.95 bits per heavy atom. The number of hydrogen-bond donors (Lipinski definition) is 2. The van der Waals surface area contributed by atoms with Crippen LogP contribution in [0, 0.1) is 0 Å². The lowest BCUT2D eigenvalue weighted by Gasteiger charge is -2.19. The van der Waals surface area contributed by atoms with Gasteiger partial charge in [-0.1, -0.05) is 30.3 Å². The molecule has 1 aromatic rings. The van der Waals surface area contributed by atoms with Crippen LogP contribution in [0.15, 0.2) is 36.4 Å². The van der Waals surface area contributed by atoms with Gasteiger partial charge in [-0.3, -0.25) is 4.79 Å². The van der Waals surface area contributed by atoms with E-state index in [1.165, 1.54) is 11.0 Å². The number of carboxylic acids is 1. The number of aliphatic hydroxyl groups is 1. The van der Waals surface area contributed by atoms with Gasteiger partial charge in [-0.15, -0.1) is 0 Å². The van der Waals surface area contributed by atoms with E-state index >= 15 is 0 Å². The van der Waals surface area contributed by atoms with Crippen LogP contribution in [0.1, 0.15) is 12.0 Å². The molecule has 2 N–H and O–H groups in total. The Bertz CT molecular complexity index is 497. The van der Waals surface area contributed by atoms with Gasteiger partial charge in [0, 0.05) is 19.0 Å². The molecule has 5 nitrogen and oxygen atoms in total. The number of nitrogens with zero attached hydrogens (tertiary/aromatic N) is 1. The Labute approximate surface area is 110 Å². The summed E-state index contributed by atoms with van der Waals surface area (Å²) in [5.41, 5.74) is 0.863. The molecule has 0 bridgehead atoms. The van der Waals surface area contributed by atoms with Crippen LogP contribution in [-0.2, 0) is 9.59 Å². The maximum Gasteiger partial charge on any atom is 0.326 e. The summed E-state index contributed by atoms with van der Waals surface area (Å²) in [6, 6.07) is 8.32. The van der Waals surface area contributed by atoms with Crippen LogP contribution in [0.5, 0.6) is 0 Å². The zero-order valence-corrected chi connectivity index (χ0v) is 10.3. The highest BCUT2D eigenvalue weighted by Gasteiger charge is 2.37. The lowest BCUT2D eigenvalue weighted by molar-refractivity contribution is -0.146. The van der Waals surface area contributed by atoms with Crippen molar-refractivity contribution in [3.63, 3.8) is 0 Å². The van der Waals surface area contributed by atoms with Gasteiger partial charge in [-0.05, 0) is 11.6 Å². The number of likely N-dealkylation sites (tertiary alicyclic amines) is 1. The molecule has 1 heterocycles. The highest BCUT2D eigenvalue weighted by atomic mass is 16.4. The predicted octanol–water partition coefficient (Wildman–Crippen LogP) is 0.746. The average molecular weight is 261 g/mol. The van der Waals surface area contributed by atoms with Crippen molar-refractivity contribution >= 4 is 18.0 Å². The molecular formula is C14H15NO4. The SMILES string of the molecule is O=C(O)[C@@H]1CC(O)CN1C(=O)/C=C/c1ccccc1. The van der Waals surface area contributed by atoms with Crippen LogP contribution in [0.4, 0.5) is 0 Å². The minimum absolute atomic E-state index is 0.0644. The van der Waals surface area contributed by atoms with Crippen molar-refractivity contribution in [2.24, 2.45) is 0 Å². The Morgan fingerprint density at radius 1 is 1.26 bits per heavy atom. The van der Waals surface area contributed by atoms with Crippen molar-refractivity contribution in [3.8, 4) is 0 Å². The zero-order chi connectivity index (χ0) is 13.8. The lowest BCUT2D eigenvalue weighted by Crippen LogP contribution is -2.39. The minimum Gasteiger partial charge on any atom is -0.480 e. The molecule has 1 amide bonds. The van der Waals surface area contributed by atoms with Crippen molar-refractivity contribution in [3.05, 3.63) is 42.0 Å². The third-order valence-electron chi connectivity index (χ3n) is 3.07. The number of aliphatic carboxylic acids is 1. The van der Waals surface area contributed by atoms with Crippen molar-refractivity contribution in [1.82, 2.24) is 4.90 Å². The molecule has 0 saturated carbocycles. The highest BCUT2D eigenvalue weighted by molar-refractivity contribution is 5.94. The van der Waals surface area contributed by atoms with E-state index in [1.54, 1.807) is 6.08 Å². The van der Waals surface area contributed by atoms with Crippen LogP contribution in [0.2, 0.25) is 0 Å². The van der Waals surface area contributed by atoms with E-state index in [2.05, 4.69) is 0 Å². The van der Waals surface area contributed by atoms with Crippen molar-refractivity contribution in [2.75, 3.05) is 6.54 Å². The number of carbonyl (C=O) groups is 2. The standard InChI is InChI=1S/C14H15NO4/c16-11-8-12(14(18)19)15(9-11)13(17)7-6-10-4-2-1-3-5-10/h1-7,11-12,16H,8-9H2,(H,18,19)/b7-6+/t11?,12-/m0/s1. The summed E-state index contributed by atoms with van der Waals surface area (Å²) >= 11 is 0. The number of amides is 1. The van der Waals surface area contributed by atoms with E-state index in [4.69, 9.17) is 5.11 Å². The van der Waals surface area contributed by atoms with E-state index in [9.17, 15) is 14.7 Å². The van der Waals surface area contributed by atoms with E-state index in [-0.39, 0.29) is 13.0 Å². The smallest absolute Gasteiger partial charge is 0.326 e. The second kappa shape index (κ2) is 5.67. The van der Waals surface area contributed by atoms with Gasteiger partial charge in [0.05, 0.1) is 6.10 Å². The molecule has 2 atom stereocenters. The van der Waals surface area contributed by atoms with E-state index in [1.807, 2.05) is 30.3 Å². The minimum atomic E-state index is -1.09. The van der Waals surface area contributed by atoms with Gasteiger partial charge in [-0.2, -0.15) is 0 Å². The molecule has 1 aliphatic rings. The van der Waals surface area contributed by atoms with E-state index < -0.39 is 24.0 Å². The first kappa shape index (κ1) is 13.3. The average Bonchev–Trinajstić information content (AvgIpc) is 2.79. The molecule has 1 unspecified atom stereocenters. The molecule has 2 rings (SSSR count). The van der Waals surface area contributed by atoms with Gasteiger partial charge in [0.25, 0.3) is 0 Å². The number of carboxylic acid groups (broad SMARTS) is 1. The van der Waals surface area contributed by atoms with Gasteiger partial charge >= 0.3 is 5.97 Å². The Kier molecular flexibility index (Phi) is 3.97. The molecule has 19 heavy (non-hydrogen) atoms. The maximum atomic E-state index is 11.9. The summed E-state index contributed by atoms with van der Waals surface area (Å²) in [6.45, 7) is 0.0644. The second-order valence-electron chi connectivity index (χ2n) is 4.48. The van der Waals surface area contributed by atoms with Gasteiger partial charge in [0.1, 0.15) is 6.04 Å². The summed E-state index contributed by atoms with van der Waals surface area (Å²) in [4.78, 5) is 24.1. The largest absolute Gasteiger partial charge is 0.480 e. The van der Waals surface area contributed by atoms with Crippen LogP contribution >= 0.6 is 0 Å². The molecule has 0 aromatic heterocycles. The predicted molar refractivity (Wildman–Crippen MR) is 69.2 cm³/mol. The molecule has 1 fully saturated rings. The topological polar surface area (TPSA) is 77.8 Å². The number of rotatable bonds is 3. The summed E-state index contributed by atoms with van der Waals surface area (Å²) < 4.78 is 0. The lowest BCUT2D eigenvalue weighted by atomic mass is 10.2. The maximum absolute atomic E-state index is 11.9. The quantitative estimate of drug-likeness (QED) is 0.787. The van der Waals surface area contributed by atoms with Gasteiger partial charge in [0.2, 0.25) is 5.91 Å². The second-order valence-corrected chi connectivity index (χ2v) is 4.48. The molecular weight excluding hydrogens is 246 g/mol. The molecule has 0 radical (unpaired) electrons. The summed E-state index contributed by atoms with van der Waals surface area (Å²) in [5.74, 6) is -1.48. The summed E-state index contributed by atoms with van der Waals surface area (Å²) in [7, 11) is 0. The number of benzene rings is 1. The number of carbonyl (C=O) groups excluding carboxylic acids is 1. The van der Waals surface area contributed by atoms with E-state index in [0.717, 1.165) is 5.56 Å². The zero-order valence-electron chi connectivity index (χ0n) is 10.3. The Balaban J connectivity index is 2.07. The van der Waals surface area contributed by atoms with Crippen molar-refractivity contribution in [2.45, 2.75) is 18.6 Å². The fourth-order valence-corrected chi connectivity index (χ4v) is 2.12. The van der Waals surface area contributed by atoms with Gasteiger partial charge < -0.3 is 15.1 Å². The van der Waals surface area contributed by atoms with Crippen LogP contribution in [0.25, 0.3) is 6.08 Å². The Morgan fingerprint density at radius 3 is 2.58 bits per heavy atom. The van der Waals surface area contributed by atoms with Crippen molar-refractivity contribution < 1.29 is 19.8 Å². The Hall–Kier alpha value is -2.14. The monoisotopic (exact) mass is 261 g/mol. The third kappa shape index (κ3) is 3.20. The molecule has 1 aromatic carbocycles. The fourth-order valence-electron chi connectivity index (χ4n) is 2.12. The summed E-state index contributed by atoms with van der Waals surface area (Å²) in [5, 5.41) is 18.5. The first-order valence-corrected chi connectivity index (χ1v) is 6.02. The number of β-amino-alcohol motifs (C(OH)–C–C–N with tert-alkyl or cyclic N) is 1. The fraction of sp³-hybridized carbons (Fsp3) is 0.286. The van der Waals surface area contributed by atoms with Crippen LogP contribution < -0.4 is 0 Å². The van der Waals surface area contributed by atoms with Gasteiger partial charge in [-0.25, -0.2) is 4.79 Å². The van der Waals surface area contributed by atoms with Crippen molar-refractivity contribution in [1.29, 1.82) is 0 Å². The summed E-state index contributed by atoms with van der Waals surface area (Å²) in [6.07, 6.45) is 2.28. The first-order chi connectivity index (χ1) is 9.08. The normalized spacial score (nSPS) is 22.9. The molecule has 0 spiro atoms. The first-order valence-electron chi connectivity index (χ1n) is 6.02. The molecule has 100 valence electrons. The number of aliphatic hydroxyl groups excluding tert-OH is 1. The number of hydrogen-bond acceptors (Lipinski definition) is 3. The van der Waals surface area contributed by atoms with Crippen LogP contribution in [0.3, 0.4) is 0 Å². The molecule has 5 heteroatoms. The molecule has 0 aliphatic carbocycles. The van der Waals surface area contributed by atoms with E-state index in [0.29, 0.717) is 0 Å². The molecule has 1 aliphatic heterocycles.